The van der Waals surface area contributed by atoms with Crippen LogP contribution in [0.1, 0.15) is 25.3 Å². The minimum Gasteiger partial charge on any atom is -0.493 e. The predicted octanol–water partition coefficient (Wildman–Crippen LogP) is 2.03. The maximum absolute atomic E-state index is 6.08. The Morgan fingerprint density at radius 2 is 2.00 bits per heavy atom. The lowest BCUT2D eigenvalue weighted by Gasteiger charge is -2.16. The molecule has 0 saturated carbocycles. The molecular formula is C16H26N2O3. The number of rotatable bonds is 8. The summed E-state index contributed by atoms with van der Waals surface area (Å²) in [6.07, 6.45) is 2.71. The van der Waals surface area contributed by atoms with E-state index in [2.05, 4.69) is 25.9 Å². The van der Waals surface area contributed by atoms with E-state index in [0.717, 1.165) is 48.6 Å². The van der Waals surface area contributed by atoms with Crippen LogP contribution in [0.3, 0.4) is 0 Å². The van der Waals surface area contributed by atoms with Crippen LogP contribution in [0, 0.1) is 0 Å². The van der Waals surface area contributed by atoms with Crippen LogP contribution in [0.15, 0.2) is 12.1 Å². The second-order valence-corrected chi connectivity index (χ2v) is 5.69. The Balaban J connectivity index is 2.05. The van der Waals surface area contributed by atoms with Crippen molar-refractivity contribution < 1.29 is 14.2 Å². The molecule has 2 N–H and O–H groups in total. The van der Waals surface area contributed by atoms with Crippen LogP contribution >= 0.6 is 0 Å². The van der Waals surface area contributed by atoms with E-state index in [-0.39, 0.29) is 12.8 Å². The molecule has 1 aliphatic rings. The zero-order valence-electron chi connectivity index (χ0n) is 13.2. The van der Waals surface area contributed by atoms with Gasteiger partial charge in [-0.05, 0) is 45.0 Å². The predicted molar refractivity (Wildman–Crippen MR) is 83.2 cm³/mol. The minimum atomic E-state index is 0.134. The molecule has 1 unspecified atom stereocenters. The molecular weight excluding hydrogens is 268 g/mol. The van der Waals surface area contributed by atoms with Gasteiger partial charge in [-0.15, -0.1) is 0 Å². The molecule has 0 aromatic heterocycles. The fourth-order valence-corrected chi connectivity index (χ4v) is 2.25. The van der Waals surface area contributed by atoms with Crippen LogP contribution in [0.4, 0.5) is 0 Å². The highest BCUT2D eigenvalue weighted by atomic mass is 16.7. The molecule has 0 spiro atoms. The number of hydrogen-bond acceptors (Lipinski definition) is 5. The first-order chi connectivity index (χ1) is 10.1. The maximum atomic E-state index is 6.08. The van der Waals surface area contributed by atoms with Crippen LogP contribution in [0.5, 0.6) is 17.2 Å². The fourth-order valence-electron chi connectivity index (χ4n) is 2.25. The van der Waals surface area contributed by atoms with Gasteiger partial charge in [0.2, 0.25) is 6.79 Å². The smallest absolute Gasteiger partial charge is 0.231 e. The average molecular weight is 294 g/mol. The van der Waals surface area contributed by atoms with Gasteiger partial charge < -0.3 is 24.8 Å². The summed E-state index contributed by atoms with van der Waals surface area (Å²) in [5.41, 5.74) is 7.18. The van der Waals surface area contributed by atoms with Crippen molar-refractivity contribution in [1.29, 1.82) is 0 Å². The molecule has 0 fully saturated rings. The Morgan fingerprint density at radius 1 is 1.29 bits per heavy atom. The molecule has 0 aliphatic carbocycles. The van der Waals surface area contributed by atoms with Gasteiger partial charge in [-0.2, -0.15) is 0 Å². The second kappa shape index (κ2) is 7.52. The normalized spacial score (nSPS) is 14.5. The number of benzene rings is 1. The van der Waals surface area contributed by atoms with Crippen molar-refractivity contribution in [2.75, 3.05) is 34.0 Å². The van der Waals surface area contributed by atoms with Crippen molar-refractivity contribution in [3.8, 4) is 17.2 Å². The summed E-state index contributed by atoms with van der Waals surface area (Å²) >= 11 is 0. The summed E-state index contributed by atoms with van der Waals surface area (Å²) in [7, 11) is 4.12. The summed E-state index contributed by atoms with van der Waals surface area (Å²) in [4.78, 5) is 2.15. The topological polar surface area (TPSA) is 57.0 Å². The van der Waals surface area contributed by atoms with Crippen molar-refractivity contribution >= 4 is 0 Å². The van der Waals surface area contributed by atoms with E-state index in [9.17, 15) is 0 Å². The zero-order chi connectivity index (χ0) is 15.2. The second-order valence-electron chi connectivity index (χ2n) is 5.69. The summed E-state index contributed by atoms with van der Waals surface area (Å²) in [6, 6.07) is 4.06. The van der Waals surface area contributed by atoms with Gasteiger partial charge in [-0.3, -0.25) is 0 Å². The molecule has 1 aliphatic heterocycles. The third-order valence-electron chi connectivity index (χ3n) is 3.57. The SMILES string of the molecule is CCC(N)Cc1cc2c(cc1OCCCN(C)C)OCO2. The molecule has 1 atom stereocenters. The van der Waals surface area contributed by atoms with Gasteiger partial charge in [0, 0.05) is 18.7 Å². The molecule has 0 amide bonds. The number of hydrogen-bond donors (Lipinski definition) is 1. The highest BCUT2D eigenvalue weighted by Crippen LogP contribution is 2.38. The Hall–Kier alpha value is -1.46. The molecule has 1 aromatic rings. The van der Waals surface area contributed by atoms with Gasteiger partial charge in [-0.25, -0.2) is 0 Å². The molecule has 1 aromatic carbocycles. The van der Waals surface area contributed by atoms with Crippen molar-refractivity contribution in [2.24, 2.45) is 5.73 Å². The summed E-state index contributed by atoms with van der Waals surface area (Å²) in [5, 5.41) is 0. The molecule has 5 nitrogen and oxygen atoms in total. The third kappa shape index (κ3) is 4.51. The summed E-state index contributed by atoms with van der Waals surface area (Å²) in [5.74, 6) is 2.40. The van der Waals surface area contributed by atoms with E-state index < -0.39 is 0 Å². The average Bonchev–Trinajstić information content (AvgIpc) is 2.90. The molecule has 21 heavy (non-hydrogen) atoms. The first-order valence-corrected chi connectivity index (χ1v) is 7.55. The van der Waals surface area contributed by atoms with Crippen LogP contribution in [-0.2, 0) is 6.42 Å². The lowest BCUT2D eigenvalue weighted by molar-refractivity contribution is 0.173. The van der Waals surface area contributed by atoms with E-state index in [4.69, 9.17) is 19.9 Å². The Kier molecular flexibility index (Phi) is 5.70. The lowest BCUT2D eigenvalue weighted by Crippen LogP contribution is -2.22. The Morgan fingerprint density at radius 3 is 2.67 bits per heavy atom. The number of ether oxygens (including phenoxy) is 3. The Bertz CT molecular complexity index is 463. The van der Waals surface area contributed by atoms with Gasteiger partial charge in [0.1, 0.15) is 5.75 Å². The number of nitrogens with zero attached hydrogens (tertiary/aromatic N) is 1. The standard InChI is InChI=1S/C16H26N2O3/c1-4-13(17)8-12-9-15-16(21-11-20-15)10-14(12)19-7-5-6-18(2)3/h9-10,13H,4-8,11,17H2,1-3H3. The largest absolute Gasteiger partial charge is 0.493 e. The van der Waals surface area contributed by atoms with Crippen molar-refractivity contribution in [3.05, 3.63) is 17.7 Å². The Labute approximate surface area is 127 Å². The number of fused-ring (bicyclic) bond motifs is 1. The maximum Gasteiger partial charge on any atom is 0.231 e. The molecule has 5 heteroatoms. The van der Waals surface area contributed by atoms with E-state index in [1.54, 1.807) is 0 Å². The summed E-state index contributed by atoms with van der Waals surface area (Å²) < 4.78 is 16.8. The third-order valence-corrected chi connectivity index (χ3v) is 3.57. The molecule has 0 saturated heterocycles. The minimum absolute atomic E-state index is 0.134. The van der Waals surface area contributed by atoms with Gasteiger partial charge in [0.25, 0.3) is 0 Å². The quantitative estimate of drug-likeness (QED) is 0.743. The fraction of sp³-hybridized carbons (Fsp3) is 0.625. The highest BCUT2D eigenvalue weighted by Gasteiger charge is 2.19. The van der Waals surface area contributed by atoms with E-state index in [1.807, 2.05) is 12.1 Å². The van der Waals surface area contributed by atoms with Crippen molar-refractivity contribution in [1.82, 2.24) is 4.90 Å². The van der Waals surface area contributed by atoms with E-state index in [1.165, 1.54) is 0 Å². The molecule has 0 bridgehead atoms. The van der Waals surface area contributed by atoms with E-state index >= 15 is 0 Å². The molecule has 2 rings (SSSR count). The van der Waals surface area contributed by atoms with Crippen LogP contribution in [0.25, 0.3) is 0 Å². The van der Waals surface area contributed by atoms with E-state index in [0.29, 0.717) is 6.61 Å². The first-order valence-electron chi connectivity index (χ1n) is 7.55. The first kappa shape index (κ1) is 15.9. The van der Waals surface area contributed by atoms with Gasteiger partial charge in [0.05, 0.1) is 6.61 Å². The van der Waals surface area contributed by atoms with Crippen LogP contribution in [0.2, 0.25) is 0 Å². The zero-order valence-corrected chi connectivity index (χ0v) is 13.2. The monoisotopic (exact) mass is 294 g/mol. The highest BCUT2D eigenvalue weighted by molar-refractivity contribution is 5.52. The van der Waals surface area contributed by atoms with Gasteiger partial charge in [-0.1, -0.05) is 6.92 Å². The molecule has 0 radical (unpaired) electrons. The van der Waals surface area contributed by atoms with Crippen LogP contribution in [-0.4, -0.2) is 45.0 Å². The number of nitrogens with two attached hydrogens (primary N) is 1. The van der Waals surface area contributed by atoms with Crippen LogP contribution < -0.4 is 19.9 Å². The molecule has 118 valence electrons. The molecule has 1 heterocycles. The summed E-state index contributed by atoms with van der Waals surface area (Å²) in [6.45, 7) is 4.06. The van der Waals surface area contributed by atoms with Crippen molar-refractivity contribution in [3.63, 3.8) is 0 Å². The van der Waals surface area contributed by atoms with Gasteiger partial charge in [0.15, 0.2) is 11.5 Å². The lowest BCUT2D eigenvalue weighted by atomic mass is 10.0. The van der Waals surface area contributed by atoms with Crippen molar-refractivity contribution in [2.45, 2.75) is 32.2 Å². The van der Waals surface area contributed by atoms with Gasteiger partial charge >= 0.3 is 0 Å².